The predicted molar refractivity (Wildman–Crippen MR) is 280 cm³/mol. The smallest absolute Gasteiger partial charge is 0.0754 e. The SMILES string of the molecule is c1ccc(-c2ccc(N(c3ccc4cc(-c5ccc6c(c5)-c5ccccc5C65c6ccccc6N(c6ccccc6)c6ccccc65)ccc4c3)c3ccccc3-c3ccccc3)cc2)cc1. The number of benzene rings is 11. The maximum Gasteiger partial charge on any atom is 0.0754 e. The Morgan fingerprint density at radius 1 is 0.284 bits per heavy atom. The minimum Gasteiger partial charge on any atom is -0.310 e. The van der Waals surface area contributed by atoms with Crippen molar-refractivity contribution in [3.63, 3.8) is 0 Å². The average molecular weight is 853 g/mol. The second-order valence-corrected chi connectivity index (χ2v) is 17.6. The van der Waals surface area contributed by atoms with Crippen molar-refractivity contribution in [1.29, 1.82) is 0 Å². The largest absolute Gasteiger partial charge is 0.310 e. The molecule has 13 rings (SSSR count). The Bertz CT molecular complexity index is 3590. The van der Waals surface area contributed by atoms with Crippen LogP contribution in [0.25, 0.3) is 55.3 Å². The molecule has 0 atom stereocenters. The van der Waals surface area contributed by atoms with Gasteiger partial charge in [0.2, 0.25) is 0 Å². The molecule has 0 amide bonds. The zero-order valence-electron chi connectivity index (χ0n) is 36.8. The maximum atomic E-state index is 2.44. The third-order valence-electron chi connectivity index (χ3n) is 14.0. The molecule has 2 nitrogen and oxygen atoms in total. The molecule has 1 heterocycles. The molecule has 0 saturated heterocycles. The summed E-state index contributed by atoms with van der Waals surface area (Å²) >= 11 is 0. The lowest BCUT2D eigenvalue weighted by atomic mass is 9.64. The topological polar surface area (TPSA) is 6.48 Å². The van der Waals surface area contributed by atoms with Gasteiger partial charge >= 0.3 is 0 Å². The van der Waals surface area contributed by atoms with E-state index in [0.717, 1.165) is 22.7 Å². The van der Waals surface area contributed by atoms with Gasteiger partial charge in [-0.3, -0.25) is 0 Å². The molecule has 0 aromatic heterocycles. The van der Waals surface area contributed by atoms with Crippen LogP contribution in [0.4, 0.5) is 34.1 Å². The average Bonchev–Trinajstić information content (AvgIpc) is 3.70. The van der Waals surface area contributed by atoms with Crippen LogP contribution < -0.4 is 9.80 Å². The molecular weight excluding hydrogens is 809 g/mol. The van der Waals surface area contributed by atoms with E-state index >= 15 is 0 Å². The fourth-order valence-electron chi connectivity index (χ4n) is 11.1. The Kier molecular flexibility index (Phi) is 9.11. The van der Waals surface area contributed by atoms with Crippen molar-refractivity contribution < 1.29 is 0 Å². The molecule has 2 aliphatic rings. The van der Waals surface area contributed by atoms with E-state index in [2.05, 4.69) is 277 Å². The van der Waals surface area contributed by atoms with Crippen molar-refractivity contribution in [2.45, 2.75) is 5.41 Å². The van der Waals surface area contributed by atoms with Gasteiger partial charge in [-0.05, 0) is 139 Å². The van der Waals surface area contributed by atoms with Gasteiger partial charge in [0.1, 0.15) is 0 Å². The Balaban J connectivity index is 0.921. The summed E-state index contributed by atoms with van der Waals surface area (Å²) in [5, 5.41) is 2.39. The fourth-order valence-corrected chi connectivity index (χ4v) is 11.1. The third-order valence-corrected chi connectivity index (χ3v) is 14.0. The standard InChI is InChI=1S/C65H44N2/c1-4-18-45(19-5-1)46-34-38-53(39-35-46)66(62-29-15-11-24-55(62)47-20-6-2-7-21-47)54-40-36-49-42-48(32-33-50(49)43-54)51-37-41-59-57(44-51)56-25-10-12-26-58(56)65(59)60-27-13-16-30-63(60)67(52-22-8-3-9-23-52)64-31-17-14-28-61(64)65/h1-44H. The van der Waals surface area contributed by atoms with E-state index in [4.69, 9.17) is 0 Å². The summed E-state index contributed by atoms with van der Waals surface area (Å²) in [5.74, 6) is 0. The van der Waals surface area contributed by atoms with Gasteiger partial charge in [-0.15, -0.1) is 0 Å². The molecule has 67 heavy (non-hydrogen) atoms. The molecule has 2 heteroatoms. The summed E-state index contributed by atoms with van der Waals surface area (Å²) in [6.07, 6.45) is 0. The first-order valence-corrected chi connectivity index (χ1v) is 23.2. The number of nitrogens with zero attached hydrogens (tertiary/aromatic N) is 2. The summed E-state index contributed by atoms with van der Waals surface area (Å²) in [4.78, 5) is 4.84. The van der Waals surface area contributed by atoms with Gasteiger partial charge < -0.3 is 9.80 Å². The van der Waals surface area contributed by atoms with Gasteiger partial charge in [0.25, 0.3) is 0 Å². The minimum atomic E-state index is -0.477. The van der Waals surface area contributed by atoms with Crippen LogP contribution in [0.3, 0.4) is 0 Å². The molecule has 0 radical (unpaired) electrons. The van der Waals surface area contributed by atoms with Crippen LogP contribution >= 0.6 is 0 Å². The van der Waals surface area contributed by atoms with Crippen LogP contribution in [0.2, 0.25) is 0 Å². The van der Waals surface area contributed by atoms with Gasteiger partial charge in [-0.2, -0.15) is 0 Å². The van der Waals surface area contributed by atoms with E-state index in [9.17, 15) is 0 Å². The number of rotatable bonds is 7. The van der Waals surface area contributed by atoms with Crippen molar-refractivity contribution in [2.75, 3.05) is 9.80 Å². The van der Waals surface area contributed by atoms with Crippen LogP contribution in [-0.4, -0.2) is 0 Å². The molecule has 0 unspecified atom stereocenters. The van der Waals surface area contributed by atoms with E-state index < -0.39 is 5.41 Å². The first-order valence-electron chi connectivity index (χ1n) is 23.2. The lowest BCUT2D eigenvalue weighted by Gasteiger charge is -2.45. The predicted octanol–water partition coefficient (Wildman–Crippen LogP) is 17.5. The third kappa shape index (κ3) is 6.18. The monoisotopic (exact) mass is 852 g/mol. The first kappa shape index (κ1) is 38.7. The van der Waals surface area contributed by atoms with Crippen molar-refractivity contribution in [1.82, 2.24) is 0 Å². The summed E-state index contributed by atoms with van der Waals surface area (Å²) in [7, 11) is 0. The van der Waals surface area contributed by atoms with Crippen LogP contribution in [-0.2, 0) is 5.41 Å². The quantitative estimate of drug-likeness (QED) is 0.158. The minimum absolute atomic E-state index is 0.477. The Labute approximate surface area is 391 Å². The van der Waals surface area contributed by atoms with E-state index in [1.54, 1.807) is 0 Å². The highest BCUT2D eigenvalue weighted by Gasteiger charge is 2.51. The van der Waals surface area contributed by atoms with E-state index in [-0.39, 0.29) is 0 Å². The van der Waals surface area contributed by atoms with Crippen LogP contribution in [0.5, 0.6) is 0 Å². The fraction of sp³-hybridized carbons (Fsp3) is 0.0154. The van der Waals surface area contributed by atoms with Crippen molar-refractivity contribution in [2.24, 2.45) is 0 Å². The van der Waals surface area contributed by atoms with Gasteiger partial charge in [0.15, 0.2) is 0 Å². The van der Waals surface area contributed by atoms with Crippen LogP contribution in [0, 0.1) is 0 Å². The molecule has 1 aliphatic heterocycles. The number of anilines is 6. The second-order valence-electron chi connectivity index (χ2n) is 17.6. The lowest BCUT2D eigenvalue weighted by molar-refractivity contribution is 0.753. The maximum absolute atomic E-state index is 2.44. The summed E-state index contributed by atoms with van der Waals surface area (Å²) < 4.78 is 0. The Morgan fingerprint density at radius 3 is 1.48 bits per heavy atom. The highest BCUT2D eigenvalue weighted by Crippen LogP contribution is 2.63. The molecule has 0 fully saturated rings. The molecule has 0 N–H and O–H groups in total. The second kappa shape index (κ2) is 15.8. The van der Waals surface area contributed by atoms with Crippen molar-refractivity contribution in [3.8, 4) is 44.5 Å². The molecule has 11 aromatic rings. The highest BCUT2D eigenvalue weighted by molar-refractivity contribution is 5.98. The Morgan fingerprint density at radius 2 is 0.761 bits per heavy atom. The van der Waals surface area contributed by atoms with Crippen molar-refractivity contribution in [3.05, 3.63) is 289 Å². The van der Waals surface area contributed by atoms with Crippen LogP contribution in [0.1, 0.15) is 22.3 Å². The molecule has 314 valence electrons. The van der Waals surface area contributed by atoms with Gasteiger partial charge in [-0.25, -0.2) is 0 Å². The molecule has 0 saturated carbocycles. The van der Waals surface area contributed by atoms with Gasteiger partial charge in [0.05, 0.1) is 22.5 Å². The summed E-state index contributed by atoms with van der Waals surface area (Å²) in [5.41, 5.74) is 21.4. The first-order chi connectivity index (χ1) is 33.2. The summed E-state index contributed by atoms with van der Waals surface area (Å²) in [6.45, 7) is 0. The molecule has 11 aromatic carbocycles. The number of hydrogen-bond acceptors (Lipinski definition) is 2. The number of fused-ring (bicyclic) bond motifs is 10. The zero-order chi connectivity index (χ0) is 44.3. The normalized spacial score (nSPS) is 12.9. The Hall–Kier alpha value is -8.72. The van der Waals surface area contributed by atoms with E-state index in [1.165, 1.54) is 88.9 Å². The van der Waals surface area contributed by atoms with E-state index in [1.807, 2.05) is 0 Å². The van der Waals surface area contributed by atoms with Crippen molar-refractivity contribution >= 4 is 44.9 Å². The van der Waals surface area contributed by atoms with Crippen LogP contribution in [0.15, 0.2) is 267 Å². The number of hydrogen-bond donors (Lipinski definition) is 0. The zero-order valence-corrected chi connectivity index (χ0v) is 36.8. The molecular formula is C65H44N2. The molecule has 0 bridgehead atoms. The lowest BCUT2D eigenvalue weighted by Crippen LogP contribution is -2.36. The molecule has 1 spiro atoms. The number of para-hydroxylation sites is 4. The summed E-state index contributed by atoms with van der Waals surface area (Å²) in [6, 6.07) is 97.9. The molecule has 1 aliphatic carbocycles. The van der Waals surface area contributed by atoms with E-state index in [0.29, 0.717) is 0 Å². The van der Waals surface area contributed by atoms with Gasteiger partial charge in [-0.1, -0.05) is 200 Å². The van der Waals surface area contributed by atoms with Gasteiger partial charge in [0, 0.05) is 22.6 Å². The highest BCUT2D eigenvalue weighted by atomic mass is 15.2.